The van der Waals surface area contributed by atoms with Gasteiger partial charge in [-0.25, -0.2) is 0 Å². The monoisotopic (exact) mass is 1540 g/mol. The van der Waals surface area contributed by atoms with Gasteiger partial charge in [0.15, 0.2) is 0 Å². The topological polar surface area (TPSA) is 116 Å². The molecule has 0 unspecified atom stereocenters. The van der Waals surface area contributed by atoms with Crippen LogP contribution in [0.2, 0.25) is 0 Å². The highest BCUT2D eigenvalue weighted by Crippen LogP contribution is 2.13. The molecule has 0 spiro atoms. The molecule has 0 aliphatic carbocycles. The van der Waals surface area contributed by atoms with Crippen LogP contribution in [0.3, 0.4) is 0 Å². The van der Waals surface area contributed by atoms with E-state index >= 15 is 0 Å². The molecule has 0 radical (unpaired) electrons. The molecule has 0 bridgehead atoms. The Kier molecular flexibility index (Phi) is 86.1. The summed E-state index contributed by atoms with van der Waals surface area (Å²) >= 11 is 0. The van der Waals surface area contributed by atoms with Gasteiger partial charge >= 0.3 is 0 Å². The van der Waals surface area contributed by atoms with E-state index in [0.717, 1.165) is 110 Å². The molecular weight excluding hydrogens is 1360 g/mol. The molecule has 9 aromatic rings. The predicted octanol–water partition coefficient (Wildman–Crippen LogP) is 31.5. The van der Waals surface area contributed by atoms with Crippen molar-refractivity contribution in [3.8, 4) is 0 Å². The van der Waals surface area contributed by atoms with Gasteiger partial charge in [-0.2, -0.15) is 0 Å². The molecule has 9 heteroatoms. The summed E-state index contributed by atoms with van der Waals surface area (Å²) in [5.74, 6) is 7.50. The molecule has 0 N–H and O–H groups in total. The van der Waals surface area contributed by atoms with Crippen LogP contribution >= 0.6 is 0 Å². The average molecular weight is 1540 g/mol. The minimum absolute atomic E-state index is 0.833. The molecule has 0 aromatic carbocycles. The summed E-state index contributed by atoms with van der Waals surface area (Å²) in [5.41, 5.74) is 26.5. The van der Waals surface area contributed by atoms with E-state index in [0.29, 0.717) is 0 Å². The minimum atomic E-state index is 0.833. The third-order valence-electron chi connectivity index (χ3n) is 12.1. The molecule has 9 aromatic heterocycles. The largest absolute Gasteiger partial charge is 0.262 e. The van der Waals surface area contributed by atoms with Gasteiger partial charge in [-0.05, 0) is 333 Å². The Morgan fingerprint density at radius 3 is 0.795 bits per heavy atom. The van der Waals surface area contributed by atoms with E-state index in [9.17, 15) is 0 Å². The second kappa shape index (κ2) is 78.6. The predicted molar refractivity (Wildman–Crippen MR) is 507 cm³/mol. The first kappa shape index (κ1) is 123. The fraction of sp³-hybridized carbons (Fsp3) is 0.563. The fourth-order valence-corrected chi connectivity index (χ4v) is 6.19. The molecule has 636 valence electrons. The van der Waals surface area contributed by atoms with Gasteiger partial charge in [0, 0.05) is 107 Å². The number of hydrogen-bond acceptors (Lipinski definition) is 9. The highest BCUT2D eigenvalue weighted by Gasteiger charge is 2.00. The van der Waals surface area contributed by atoms with E-state index in [-0.39, 0.29) is 0 Å². The van der Waals surface area contributed by atoms with Crippen molar-refractivity contribution in [3.05, 3.63) is 264 Å². The lowest BCUT2D eigenvalue weighted by molar-refractivity contribution is 0.736. The second-order valence-corrected chi connectivity index (χ2v) is 34.8. The first-order valence-corrected chi connectivity index (χ1v) is 41.4. The molecule has 0 saturated carbocycles. The van der Waals surface area contributed by atoms with Gasteiger partial charge in [0.2, 0.25) is 0 Å². The number of aryl methyl sites for hydroxylation is 19. The van der Waals surface area contributed by atoms with E-state index in [2.05, 4.69) is 338 Å². The highest BCUT2D eigenvalue weighted by atomic mass is 14.7. The lowest BCUT2D eigenvalue weighted by Crippen LogP contribution is -1.92. The van der Waals surface area contributed by atoms with Crippen LogP contribution in [0.25, 0.3) is 0 Å². The summed E-state index contributed by atoms with van der Waals surface area (Å²) in [4.78, 5) is 37.0. The molecule has 0 amide bonds. The van der Waals surface area contributed by atoms with Gasteiger partial charge in [-0.1, -0.05) is 217 Å². The van der Waals surface area contributed by atoms with Crippen LogP contribution in [0.15, 0.2) is 141 Å². The maximum Gasteiger partial charge on any atom is 0.0404 e. The van der Waals surface area contributed by atoms with Crippen molar-refractivity contribution in [2.75, 3.05) is 0 Å². The van der Waals surface area contributed by atoms with Gasteiger partial charge in [-0.15, -0.1) is 0 Å². The van der Waals surface area contributed by atoms with Crippen LogP contribution in [-0.2, 0) is 0 Å². The molecule has 112 heavy (non-hydrogen) atoms. The van der Waals surface area contributed by atoms with Crippen molar-refractivity contribution in [2.45, 2.75) is 339 Å². The zero-order chi connectivity index (χ0) is 89.5. The van der Waals surface area contributed by atoms with Gasteiger partial charge in [0.05, 0.1) is 0 Å². The number of nitrogens with zero attached hydrogens (tertiary/aromatic N) is 9. The Bertz CT molecular complexity index is 3210. The second-order valence-electron chi connectivity index (χ2n) is 34.8. The Hall–Kier alpha value is -7.65. The van der Waals surface area contributed by atoms with Crippen molar-refractivity contribution in [1.82, 2.24) is 44.9 Å². The minimum Gasteiger partial charge on any atom is -0.262 e. The summed E-state index contributed by atoms with van der Waals surface area (Å²) in [6.45, 7) is 104. The van der Waals surface area contributed by atoms with Crippen LogP contribution in [0.1, 0.15) is 311 Å². The molecule has 0 aliphatic heterocycles. The van der Waals surface area contributed by atoms with Crippen LogP contribution in [-0.4, -0.2) is 44.9 Å². The van der Waals surface area contributed by atoms with E-state index in [1.54, 1.807) is 6.20 Å². The zero-order valence-corrected chi connectivity index (χ0v) is 82.5. The number of hydrogen-bond donors (Lipinski definition) is 0. The van der Waals surface area contributed by atoms with E-state index < -0.39 is 0 Å². The third kappa shape index (κ3) is 109. The molecule has 0 atom stereocenters. The fourth-order valence-electron chi connectivity index (χ4n) is 6.19. The first-order valence-electron chi connectivity index (χ1n) is 41.4. The zero-order valence-electron chi connectivity index (χ0n) is 82.5. The average Bonchev–Trinajstić information content (AvgIpc) is 0.865. The van der Waals surface area contributed by atoms with Crippen LogP contribution < -0.4 is 0 Å². The molecule has 9 rings (SSSR count). The van der Waals surface area contributed by atoms with Gasteiger partial charge in [0.25, 0.3) is 0 Å². The standard InChI is InChI=1S/C9H13N.3C8H11N.4C7H9N.C6H7N.9C4H10/c1-6-5-10-9(4)8(3)7(6)2;1-6-4-8(3)9-5-7(6)2;1-6-4-7(2)8(3)9-5-6;1-6-4-5-9-8(3)7(6)2;1-6-3-4-8-7(2)5-6;1-6-3-4-7(2)8-5-6;1-6-4-3-5-8-7(6)2;1-6-4-3-5-7(2)8-6;1-6-4-2-3-5-7-6;9*1-4(2)3/h5H,1-4H3;3*4-5H,1-3H3;4*3-5H,1-2H3;2-5H,1H3;9*4H,1-3H3. The first-order chi connectivity index (χ1) is 51.4. The van der Waals surface area contributed by atoms with Crippen LogP contribution in [0.5, 0.6) is 0 Å². The van der Waals surface area contributed by atoms with Crippen molar-refractivity contribution in [1.29, 1.82) is 0 Å². The summed E-state index contributed by atoms with van der Waals surface area (Å²) in [6, 6.07) is 30.2. The van der Waals surface area contributed by atoms with Crippen molar-refractivity contribution < 1.29 is 0 Å². The molecule has 0 aliphatic rings. The maximum absolute atomic E-state index is 4.24. The maximum atomic E-state index is 4.24. The molecular formula is C103H179N9. The molecule has 0 saturated heterocycles. The third-order valence-corrected chi connectivity index (χ3v) is 12.1. The summed E-state index contributed by atoms with van der Waals surface area (Å²) in [6.07, 6.45) is 14.9. The van der Waals surface area contributed by atoms with Crippen molar-refractivity contribution >= 4 is 0 Å². The van der Waals surface area contributed by atoms with Gasteiger partial charge < -0.3 is 0 Å². The summed E-state index contributed by atoms with van der Waals surface area (Å²) < 4.78 is 0. The molecule has 9 nitrogen and oxygen atoms in total. The SMILES string of the molecule is CC(C)C.CC(C)C.CC(C)C.CC(C)C.CC(C)C.CC(C)C.CC(C)C.CC(C)C.CC(C)C.Cc1cc(C)c(C)cn1.Cc1ccc(C)nc1.Cc1cccc(C)n1.Cc1ccccn1.Cc1cccnc1C.Cc1ccnc(C)c1.Cc1ccnc(C)c1C.Cc1cnc(C)c(C)c1.Cc1cnc(C)c(C)c1C. The Balaban J connectivity index is -0.000000145. The lowest BCUT2D eigenvalue weighted by atomic mass is 10.1. The normalized spacial score (nSPS) is 9.30. The van der Waals surface area contributed by atoms with Crippen molar-refractivity contribution in [3.63, 3.8) is 0 Å². The van der Waals surface area contributed by atoms with Gasteiger partial charge in [-0.3, -0.25) is 44.9 Å². The number of aromatic nitrogens is 9. The highest BCUT2D eigenvalue weighted by molar-refractivity contribution is 5.33. The van der Waals surface area contributed by atoms with Crippen LogP contribution in [0.4, 0.5) is 0 Å². The molecule has 9 heterocycles. The summed E-state index contributed by atoms with van der Waals surface area (Å²) in [5, 5.41) is 0. The van der Waals surface area contributed by atoms with E-state index in [4.69, 9.17) is 0 Å². The quantitative estimate of drug-likeness (QED) is 0.146. The number of pyridine rings is 9. The lowest BCUT2D eigenvalue weighted by Gasteiger charge is -2.05. The van der Waals surface area contributed by atoms with Crippen LogP contribution in [0, 0.1) is 206 Å². The summed E-state index contributed by atoms with van der Waals surface area (Å²) in [7, 11) is 0. The van der Waals surface area contributed by atoms with Gasteiger partial charge in [0.1, 0.15) is 0 Å². The Morgan fingerprint density at radius 2 is 0.527 bits per heavy atom. The van der Waals surface area contributed by atoms with Crippen molar-refractivity contribution in [2.24, 2.45) is 53.3 Å². The Labute approximate surface area is 697 Å². The Morgan fingerprint density at radius 1 is 0.179 bits per heavy atom. The number of rotatable bonds is 0. The molecule has 0 fully saturated rings. The van der Waals surface area contributed by atoms with E-state index in [1.807, 2.05) is 180 Å². The van der Waals surface area contributed by atoms with E-state index in [1.165, 1.54) is 66.8 Å². The smallest absolute Gasteiger partial charge is 0.0404 e.